The minimum absolute atomic E-state index is 0.238. The van der Waals surface area contributed by atoms with Crippen molar-refractivity contribution in [2.45, 2.75) is 18.9 Å². The Kier molecular flexibility index (Phi) is 4.19. The number of likely N-dealkylation sites (N-methyl/N-ethyl adjacent to an activating group) is 1. The third kappa shape index (κ3) is 3.25. The molecule has 1 unspecified atom stereocenters. The van der Waals surface area contributed by atoms with E-state index in [1.807, 2.05) is 24.4 Å². The molecule has 3 heterocycles. The van der Waals surface area contributed by atoms with Gasteiger partial charge in [0.2, 0.25) is 0 Å². The Morgan fingerprint density at radius 2 is 1.96 bits per heavy atom. The van der Waals surface area contributed by atoms with Crippen LogP contribution >= 0.6 is 0 Å². The zero-order valence-electron chi connectivity index (χ0n) is 14.2. The Bertz CT molecular complexity index is 881. The molecule has 0 radical (unpaired) electrons. The van der Waals surface area contributed by atoms with Crippen molar-refractivity contribution in [1.82, 2.24) is 20.1 Å². The van der Waals surface area contributed by atoms with Gasteiger partial charge in [0.1, 0.15) is 11.4 Å². The van der Waals surface area contributed by atoms with Crippen molar-refractivity contribution >= 4 is 16.6 Å². The van der Waals surface area contributed by atoms with Crippen LogP contribution < -0.4 is 5.32 Å². The van der Waals surface area contributed by atoms with Gasteiger partial charge in [-0.3, -0.25) is 4.98 Å². The highest BCUT2D eigenvalue weighted by molar-refractivity contribution is 5.99. The Morgan fingerprint density at radius 3 is 2.76 bits per heavy atom. The number of nitrogens with one attached hydrogen (secondary N) is 1. The van der Waals surface area contributed by atoms with E-state index in [1.165, 1.54) is 6.42 Å². The first-order chi connectivity index (χ1) is 12.2. The highest BCUT2D eigenvalue weighted by Gasteiger charge is 2.19. The largest absolute Gasteiger partial charge is 0.508 e. The number of rotatable bonds is 3. The van der Waals surface area contributed by atoms with Crippen molar-refractivity contribution in [1.29, 1.82) is 0 Å². The molecular formula is C19H21N5O. The van der Waals surface area contributed by atoms with E-state index in [4.69, 9.17) is 0 Å². The van der Waals surface area contributed by atoms with Crippen molar-refractivity contribution < 1.29 is 5.11 Å². The first-order valence-corrected chi connectivity index (χ1v) is 8.55. The Hall–Kier alpha value is -2.73. The summed E-state index contributed by atoms with van der Waals surface area (Å²) in [6.07, 6.45) is 5.92. The zero-order valence-corrected chi connectivity index (χ0v) is 14.2. The van der Waals surface area contributed by atoms with Crippen LogP contribution in [0, 0.1) is 0 Å². The van der Waals surface area contributed by atoms with Crippen molar-refractivity contribution in [2.24, 2.45) is 0 Å². The number of anilines is 1. The normalized spacial score (nSPS) is 18.4. The van der Waals surface area contributed by atoms with Crippen molar-refractivity contribution in [3.63, 3.8) is 0 Å². The van der Waals surface area contributed by atoms with Gasteiger partial charge in [-0.15, -0.1) is 10.2 Å². The number of benzene rings is 1. The SMILES string of the molecule is CN1CCCC(Nc2nnc(-c3ccc(O)cc3)c3ccncc23)C1. The fraction of sp³-hybridized carbons (Fsp3) is 0.316. The summed E-state index contributed by atoms with van der Waals surface area (Å²) in [4.78, 5) is 6.61. The van der Waals surface area contributed by atoms with Gasteiger partial charge in [0.25, 0.3) is 0 Å². The second-order valence-electron chi connectivity index (χ2n) is 6.61. The first kappa shape index (κ1) is 15.8. The van der Waals surface area contributed by atoms with E-state index in [1.54, 1.807) is 18.3 Å². The minimum Gasteiger partial charge on any atom is -0.508 e. The van der Waals surface area contributed by atoms with E-state index in [2.05, 4.69) is 32.4 Å². The second-order valence-corrected chi connectivity index (χ2v) is 6.61. The molecule has 4 rings (SSSR count). The summed E-state index contributed by atoms with van der Waals surface area (Å²) in [5.74, 6) is 1.02. The maximum atomic E-state index is 9.50. The molecule has 1 fully saturated rings. The number of piperidine rings is 1. The van der Waals surface area contributed by atoms with Crippen molar-refractivity contribution in [2.75, 3.05) is 25.5 Å². The fourth-order valence-electron chi connectivity index (χ4n) is 3.41. The van der Waals surface area contributed by atoms with Gasteiger partial charge in [-0.2, -0.15) is 0 Å². The third-order valence-corrected chi connectivity index (χ3v) is 4.69. The van der Waals surface area contributed by atoms with Gasteiger partial charge < -0.3 is 15.3 Å². The van der Waals surface area contributed by atoms with E-state index < -0.39 is 0 Å². The maximum Gasteiger partial charge on any atom is 0.158 e. The molecule has 2 aromatic heterocycles. The first-order valence-electron chi connectivity index (χ1n) is 8.55. The van der Waals surface area contributed by atoms with E-state index >= 15 is 0 Å². The van der Waals surface area contributed by atoms with Gasteiger partial charge in [-0.05, 0) is 56.8 Å². The van der Waals surface area contributed by atoms with Gasteiger partial charge in [0.15, 0.2) is 5.82 Å². The van der Waals surface area contributed by atoms with Crippen LogP contribution in [0.2, 0.25) is 0 Å². The van der Waals surface area contributed by atoms with Crippen LogP contribution in [0.3, 0.4) is 0 Å². The van der Waals surface area contributed by atoms with Crippen LogP contribution in [0.15, 0.2) is 42.7 Å². The van der Waals surface area contributed by atoms with Gasteiger partial charge in [0, 0.05) is 41.3 Å². The number of hydrogen-bond acceptors (Lipinski definition) is 6. The minimum atomic E-state index is 0.238. The molecule has 2 N–H and O–H groups in total. The molecule has 0 saturated carbocycles. The molecule has 1 aromatic carbocycles. The van der Waals surface area contributed by atoms with Gasteiger partial charge >= 0.3 is 0 Å². The fourth-order valence-corrected chi connectivity index (χ4v) is 3.41. The number of aromatic hydroxyl groups is 1. The molecule has 1 aliphatic rings. The number of phenols is 1. The maximum absolute atomic E-state index is 9.50. The lowest BCUT2D eigenvalue weighted by Gasteiger charge is -2.30. The molecule has 1 atom stereocenters. The molecule has 6 nitrogen and oxygen atoms in total. The molecule has 25 heavy (non-hydrogen) atoms. The van der Waals surface area contributed by atoms with Crippen LogP contribution in [-0.2, 0) is 0 Å². The molecule has 0 bridgehead atoms. The van der Waals surface area contributed by atoms with Crippen LogP contribution in [0.5, 0.6) is 5.75 Å². The number of hydrogen-bond donors (Lipinski definition) is 2. The summed E-state index contributed by atoms with van der Waals surface area (Å²) < 4.78 is 0. The molecule has 6 heteroatoms. The standard InChI is InChI=1S/C19H21N5O/c1-24-10-2-3-14(12-24)21-19-17-11-20-9-8-16(17)18(22-23-19)13-4-6-15(25)7-5-13/h4-9,11,14,25H,2-3,10,12H2,1H3,(H,21,23). The Balaban J connectivity index is 1.73. The number of fused-ring (bicyclic) bond motifs is 1. The number of phenolic OH excluding ortho intramolecular Hbond substituents is 1. The lowest BCUT2D eigenvalue weighted by molar-refractivity contribution is 0.261. The third-order valence-electron chi connectivity index (χ3n) is 4.69. The topological polar surface area (TPSA) is 74.2 Å². The summed E-state index contributed by atoms with van der Waals surface area (Å²) in [7, 11) is 2.15. The molecule has 0 aliphatic carbocycles. The summed E-state index contributed by atoms with van der Waals surface area (Å²) in [6.45, 7) is 2.15. The molecule has 0 amide bonds. The monoisotopic (exact) mass is 335 g/mol. The Morgan fingerprint density at radius 1 is 1.12 bits per heavy atom. The summed E-state index contributed by atoms with van der Waals surface area (Å²) >= 11 is 0. The zero-order chi connectivity index (χ0) is 17.2. The molecule has 1 saturated heterocycles. The van der Waals surface area contributed by atoms with Crippen LogP contribution in [0.4, 0.5) is 5.82 Å². The predicted octanol–water partition coefficient (Wildman–Crippen LogP) is 2.90. The van der Waals surface area contributed by atoms with Gasteiger partial charge in [0.05, 0.1) is 0 Å². The summed E-state index contributed by atoms with van der Waals surface area (Å²) in [6, 6.07) is 9.35. The Labute approximate surface area is 146 Å². The molecule has 128 valence electrons. The number of nitrogens with zero attached hydrogens (tertiary/aromatic N) is 4. The van der Waals surface area contributed by atoms with Crippen molar-refractivity contribution in [3.8, 4) is 17.0 Å². The average Bonchev–Trinajstić information content (AvgIpc) is 2.63. The van der Waals surface area contributed by atoms with E-state index in [9.17, 15) is 5.11 Å². The lowest BCUT2D eigenvalue weighted by Crippen LogP contribution is -2.40. The molecule has 1 aliphatic heterocycles. The average molecular weight is 335 g/mol. The van der Waals surface area contributed by atoms with E-state index in [0.717, 1.165) is 47.4 Å². The lowest BCUT2D eigenvalue weighted by atomic mass is 10.0. The molecular weight excluding hydrogens is 314 g/mol. The molecule has 0 spiro atoms. The molecule has 3 aromatic rings. The highest BCUT2D eigenvalue weighted by Crippen LogP contribution is 2.30. The van der Waals surface area contributed by atoms with Crippen LogP contribution in [0.25, 0.3) is 22.0 Å². The smallest absolute Gasteiger partial charge is 0.158 e. The second kappa shape index (κ2) is 6.64. The number of likely N-dealkylation sites (tertiary alicyclic amines) is 1. The summed E-state index contributed by atoms with van der Waals surface area (Å²) in [5.41, 5.74) is 1.72. The predicted molar refractivity (Wildman–Crippen MR) is 98.6 cm³/mol. The number of pyridine rings is 1. The van der Waals surface area contributed by atoms with E-state index in [-0.39, 0.29) is 5.75 Å². The van der Waals surface area contributed by atoms with Crippen LogP contribution in [-0.4, -0.2) is 51.4 Å². The van der Waals surface area contributed by atoms with E-state index in [0.29, 0.717) is 6.04 Å². The number of aromatic nitrogens is 3. The van der Waals surface area contributed by atoms with Crippen LogP contribution in [0.1, 0.15) is 12.8 Å². The van der Waals surface area contributed by atoms with Gasteiger partial charge in [-0.25, -0.2) is 0 Å². The summed E-state index contributed by atoms with van der Waals surface area (Å²) in [5, 5.41) is 23.9. The quantitative estimate of drug-likeness (QED) is 0.767. The van der Waals surface area contributed by atoms with Crippen molar-refractivity contribution in [3.05, 3.63) is 42.7 Å². The highest BCUT2D eigenvalue weighted by atomic mass is 16.3. The van der Waals surface area contributed by atoms with Gasteiger partial charge in [-0.1, -0.05) is 0 Å².